The summed E-state index contributed by atoms with van der Waals surface area (Å²) < 4.78 is 5.30. The van der Waals surface area contributed by atoms with E-state index < -0.39 is 4.92 Å². The van der Waals surface area contributed by atoms with Crippen LogP contribution in [0.25, 0.3) is 11.4 Å². The molecule has 1 N–H and O–H groups in total. The van der Waals surface area contributed by atoms with Gasteiger partial charge in [-0.25, -0.2) is 4.79 Å². The Morgan fingerprint density at radius 1 is 1.32 bits per heavy atom. The van der Waals surface area contributed by atoms with Gasteiger partial charge in [-0.05, 0) is 12.1 Å². The molecule has 1 aromatic heterocycles. The number of hydrogen-bond acceptors (Lipinski definition) is 7. The maximum Gasteiger partial charge on any atom is 0.317 e. The number of nitro benzene ring substituents is 1. The largest absolute Gasteiger partial charge is 0.338 e. The van der Waals surface area contributed by atoms with Crippen molar-refractivity contribution in [3.63, 3.8) is 0 Å². The van der Waals surface area contributed by atoms with E-state index in [1.165, 1.54) is 12.1 Å². The van der Waals surface area contributed by atoms with E-state index in [4.69, 9.17) is 4.52 Å². The highest BCUT2D eigenvalue weighted by molar-refractivity contribution is 5.77. The molecule has 0 unspecified atom stereocenters. The zero-order valence-electron chi connectivity index (χ0n) is 13.3. The maximum absolute atomic E-state index is 11.6. The van der Waals surface area contributed by atoms with Crippen molar-refractivity contribution in [2.45, 2.75) is 12.6 Å². The zero-order valence-corrected chi connectivity index (χ0v) is 13.3. The molecule has 3 heterocycles. The first kappa shape index (κ1) is 15.5. The van der Waals surface area contributed by atoms with E-state index in [2.05, 4.69) is 20.4 Å². The van der Waals surface area contributed by atoms with Crippen molar-refractivity contribution in [1.29, 1.82) is 0 Å². The molecule has 0 saturated carbocycles. The van der Waals surface area contributed by atoms with Crippen molar-refractivity contribution in [2.24, 2.45) is 0 Å². The molecule has 0 spiro atoms. The Kier molecular flexibility index (Phi) is 3.80. The number of hydrogen-bond donors (Lipinski definition) is 1. The van der Waals surface area contributed by atoms with Gasteiger partial charge in [-0.2, -0.15) is 4.98 Å². The number of rotatable bonds is 4. The number of carbonyl (C=O) groups is 1. The second kappa shape index (κ2) is 6.13. The minimum atomic E-state index is -0.451. The third-order valence-electron chi connectivity index (χ3n) is 4.48. The quantitative estimate of drug-likeness (QED) is 0.645. The first-order valence-electron chi connectivity index (χ1n) is 7.94. The molecule has 2 aromatic rings. The molecule has 10 heteroatoms. The number of carbonyl (C=O) groups excluding carboxylic acids is 1. The van der Waals surface area contributed by atoms with E-state index in [1.54, 1.807) is 12.1 Å². The van der Waals surface area contributed by atoms with Crippen molar-refractivity contribution in [3.8, 4) is 11.4 Å². The fraction of sp³-hybridized carbons (Fsp3) is 0.400. The van der Waals surface area contributed by atoms with Crippen LogP contribution in [-0.4, -0.2) is 63.1 Å². The summed E-state index contributed by atoms with van der Waals surface area (Å²) in [6.45, 7) is 3.36. The molecule has 0 radical (unpaired) electrons. The minimum absolute atomic E-state index is 0.00268. The summed E-state index contributed by atoms with van der Waals surface area (Å²) in [5.74, 6) is 0.889. The Balaban J connectivity index is 1.41. The van der Waals surface area contributed by atoms with Gasteiger partial charge >= 0.3 is 6.03 Å². The second-order valence-electron chi connectivity index (χ2n) is 6.08. The van der Waals surface area contributed by atoms with Gasteiger partial charge in [0, 0.05) is 43.9 Å². The van der Waals surface area contributed by atoms with Gasteiger partial charge in [-0.3, -0.25) is 15.0 Å². The molecule has 2 amide bonds. The van der Waals surface area contributed by atoms with Gasteiger partial charge in [0.15, 0.2) is 0 Å². The van der Waals surface area contributed by atoms with E-state index in [0.29, 0.717) is 36.9 Å². The molecular formula is C15H16N6O4. The molecule has 2 saturated heterocycles. The van der Waals surface area contributed by atoms with E-state index in [1.807, 2.05) is 4.90 Å². The third kappa shape index (κ3) is 3.03. The fourth-order valence-electron chi connectivity index (χ4n) is 3.17. The number of amides is 2. The predicted molar refractivity (Wildman–Crippen MR) is 85.6 cm³/mol. The first-order chi connectivity index (χ1) is 12.1. The molecule has 0 aliphatic carbocycles. The highest BCUT2D eigenvalue weighted by Gasteiger charge is 2.35. The normalized spacial score (nSPS) is 20.4. The van der Waals surface area contributed by atoms with Crippen molar-refractivity contribution in [1.82, 2.24) is 25.3 Å². The standard InChI is InChI=1S/C15H16N6O4/c22-15-16-7-12-8-19(5-6-20(12)15)9-13-17-14(18-25-13)10-1-3-11(4-2-10)21(23)24/h1-4,12H,5-9H2,(H,16,22)/t12-/m0/s1. The van der Waals surface area contributed by atoms with Gasteiger partial charge in [0.05, 0.1) is 17.5 Å². The van der Waals surface area contributed by atoms with E-state index in [0.717, 1.165) is 13.1 Å². The average molecular weight is 344 g/mol. The number of nitrogens with zero attached hydrogens (tertiary/aromatic N) is 5. The highest BCUT2D eigenvalue weighted by atomic mass is 16.6. The van der Waals surface area contributed by atoms with Crippen molar-refractivity contribution in [2.75, 3.05) is 26.2 Å². The average Bonchev–Trinajstić information content (AvgIpc) is 3.22. The third-order valence-corrected chi connectivity index (χ3v) is 4.48. The van der Waals surface area contributed by atoms with Crippen LogP contribution in [0.3, 0.4) is 0 Å². The summed E-state index contributed by atoms with van der Waals surface area (Å²) in [7, 11) is 0. The molecule has 4 rings (SSSR count). The van der Waals surface area contributed by atoms with Crippen LogP contribution >= 0.6 is 0 Å². The topological polar surface area (TPSA) is 118 Å². The molecule has 25 heavy (non-hydrogen) atoms. The number of piperazine rings is 1. The lowest BCUT2D eigenvalue weighted by molar-refractivity contribution is -0.384. The summed E-state index contributed by atoms with van der Waals surface area (Å²) in [4.78, 5) is 30.3. The second-order valence-corrected chi connectivity index (χ2v) is 6.08. The van der Waals surface area contributed by atoms with Crippen LogP contribution in [0.2, 0.25) is 0 Å². The van der Waals surface area contributed by atoms with Gasteiger partial charge in [0.1, 0.15) is 0 Å². The molecule has 2 aliphatic heterocycles. The zero-order chi connectivity index (χ0) is 17.4. The van der Waals surface area contributed by atoms with Crippen molar-refractivity contribution in [3.05, 3.63) is 40.3 Å². The SMILES string of the molecule is O=C1NC[C@H]2CN(Cc3nc(-c4ccc([N+](=O)[O-])cc4)no3)CCN12. The van der Waals surface area contributed by atoms with Gasteiger partial charge in [-0.1, -0.05) is 5.16 Å². The molecule has 10 nitrogen and oxygen atoms in total. The summed E-state index contributed by atoms with van der Waals surface area (Å²) in [6, 6.07) is 6.20. The van der Waals surface area contributed by atoms with Crippen molar-refractivity contribution < 1.29 is 14.2 Å². The number of nitro groups is 1. The van der Waals surface area contributed by atoms with Crippen LogP contribution in [0.5, 0.6) is 0 Å². The first-order valence-corrected chi connectivity index (χ1v) is 7.94. The Labute approximate surface area is 142 Å². The molecule has 130 valence electrons. The van der Waals surface area contributed by atoms with E-state index >= 15 is 0 Å². The highest BCUT2D eigenvalue weighted by Crippen LogP contribution is 2.21. The lowest BCUT2D eigenvalue weighted by Gasteiger charge is -2.35. The predicted octanol–water partition coefficient (Wildman–Crippen LogP) is 0.854. The number of fused-ring (bicyclic) bond motifs is 1. The summed E-state index contributed by atoms with van der Waals surface area (Å²) >= 11 is 0. The Bertz CT molecular complexity index is 805. The van der Waals surface area contributed by atoms with Gasteiger partial charge < -0.3 is 14.7 Å². The minimum Gasteiger partial charge on any atom is -0.338 e. The van der Waals surface area contributed by atoms with Crippen LogP contribution < -0.4 is 5.32 Å². The van der Waals surface area contributed by atoms with Crippen LogP contribution in [0.15, 0.2) is 28.8 Å². The summed E-state index contributed by atoms with van der Waals surface area (Å²) in [6.07, 6.45) is 0. The number of non-ortho nitro benzene ring substituents is 1. The van der Waals surface area contributed by atoms with Gasteiger partial charge in [0.2, 0.25) is 11.7 Å². The molecule has 1 atom stereocenters. The summed E-state index contributed by atoms with van der Waals surface area (Å²) in [5.41, 5.74) is 0.682. The van der Waals surface area contributed by atoms with Gasteiger partial charge in [-0.15, -0.1) is 0 Å². The number of benzene rings is 1. The van der Waals surface area contributed by atoms with Crippen LogP contribution in [0, 0.1) is 10.1 Å². The van der Waals surface area contributed by atoms with Gasteiger partial charge in [0.25, 0.3) is 5.69 Å². The molecule has 2 aliphatic rings. The lowest BCUT2D eigenvalue weighted by atomic mass is 10.2. The number of nitrogens with one attached hydrogen (secondary N) is 1. The van der Waals surface area contributed by atoms with Crippen LogP contribution in [0.1, 0.15) is 5.89 Å². The summed E-state index contributed by atoms with van der Waals surface area (Å²) in [5, 5.41) is 17.5. The van der Waals surface area contributed by atoms with Crippen LogP contribution in [-0.2, 0) is 6.54 Å². The van der Waals surface area contributed by atoms with Crippen molar-refractivity contribution >= 4 is 11.7 Å². The van der Waals surface area contributed by atoms with E-state index in [-0.39, 0.29) is 17.8 Å². The fourth-order valence-corrected chi connectivity index (χ4v) is 3.17. The van der Waals surface area contributed by atoms with Crippen LogP contribution in [0.4, 0.5) is 10.5 Å². The van der Waals surface area contributed by atoms with E-state index in [9.17, 15) is 14.9 Å². The monoisotopic (exact) mass is 344 g/mol. The molecule has 2 fully saturated rings. The Morgan fingerprint density at radius 2 is 2.12 bits per heavy atom. The molecular weight excluding hydrogens is 328 g/mol. The maximum atomic E-state index is 11.6. The Morgan fingerprint density at radius 3 is 2.88 bits per heavy atom. The smallest absolute Gasteiger partial charge is 0.317 e. The molecule has 1 aromatic carbocycles. The Hall–Kier alpha value is -3.01. The number of aromatic nitrogens is 2. The lowest BCUT2D eigenvalue weighted by Crippen LogP contribution is -2.51. The number of urea groups is 1. The molecule has 0 bridgehead atoms.